The fourth-order valence-corrected chi connectivity index (χ4v) is 5.25. The molecule has 158 valence electrons. The number of hydrogen-bond acceptors (Lipinski definition) is 7. The van der Waals surface area contributed by atoms with Gasteiger partial charge in [0.25, 0.3) is 5.91 Å². The molecule has 2 amide bonds. The molecule has 1 aromatic heterocycles. The quantitative estimate of drug-likeness (QED) is 0.774. The molecule has 1 aromatic carbocycles. The highest BCUT2D eigenvalue weighted by atomic mass is 32.2. The number of benzene rings is 1. The number of sulfone groups is 1. The highest BCUT2D eigenvalue weighted by Crippen LogP contribution is 2.24. The molecule has 0 bridgehead atoms. The molecule has 1 fully saturated rings. The maximum absolute atomic E-state index is 12.6. The maximum atomic E-state index is 12.6. The lowest BCUT2D eigenvalue weighted by Gasteiger charge is -2.27. The zero-order chi connectivity index (χ0) is 21.3. The second kappa shape index (κ2) is 8.02. The highest BCUT2D eigenvalue weighted by molar-refractivity contribution is 7.91. The van der Waals surface area contributed by atoms with E-state index in [9.17, 15) is 18.0 Å². The number of nitrogens with one attached hydrogen (secondary N) is 1. The van der Waals surface area contributed by atoms with Crippen molar-refractivity contribution in [1.29, 1.82) is 0 Å². The van der Waals surface area contributed by atoms with Crippen LogP contribution in [0.5, 0.6) is 0 Å². The van der Waals surface area contributed by atoms with Crippen LogP contribution >= 0.6 is 0 Å². The number of amides is 2. The molecule has 0 aliphatic carbocycles. The Morgan fingerprint density at radius 1 is 1.27 bits per heavy atom. The summed E-state index contributed by atoms with van der Waals surface area (Å²) in [5, 5.41) is 11.9. The first-order valence-corrected chi connectivity index (χ1v) is 11.6. The number of nitrogens with zero attached hydrogens (tertiary/aromatic N) is 3. The molecule has 0 radical (unpaired) electrons. The summed E-state index contributed by atoms with van der Waals surface area (Å²) in [6, 6.07) is 8.99. The number of carbonyl (C=O) groups is 2. The second-order valence-corrected chi connectivity index (χ2v) is 9.65. The van der Waals surface area contributed by atoms with Gasteiger partial charge in [-0.1, -0.05) is 36.3 Å². The van der Waals surface area contributed by atoms with Crippen LogP contribution in [0.25, 0.3) is 11.3 Å². The summed E-state index contributed by atoms with van der Waals surface area (Å²) < 4.78 is 28.6. The van der Waals surface area contributed by atoms with Gasteiger partial charge in [0.2, 0.25) is 11.8 Å². The predicted molar refractivity (Wildman–Crippen MR) is 111 cm³/mol. The van der Waals surface area contributed by atoms with Gasteiger partial charge in [0.15, 0.2) is 9.84 Å². The van der Waals surface area contributed by atoms with Gasteiger partial charge in [0.05, 0.1) is 17.5 Å². The van der Waals surface area contributed by atoms with Crippen molar-refractivity contribution >= 4 is 33.2 Å². The van der Waals surface area contributed by atoms with Gasteiger partial charge < -0.3 is 4.52 Å². The first-order valence-electron chi connectivity index (χ1n) is 9.82. The van der Waals surface area contributed by atoms with E-state index in [-0.39, 0.29) is 41.9 Å². The third-order valence-corrected chi connectivity index (χ3v) is 7.03. The van der Waals surface area contributed by atoms with Gasteiger partial charge in [-0.3, -0.25) is 14.9 Å². The zero-order valence-corrected chi connectivity index (χ0v) is 17.3. The van der Waals surface area contributed by atoms with Gasteiger partial charge in [-0.15, -0.1) is 0 Å². The third-order valence-electron chi connectivity index (χ3n) is 5.28. The first-order chi connectivity index (χ1) is 14.3. The lowest BCUT2D eigenvalue weighted by atomic mass is 10.1. The van der Waals surface area contributed by atoms with Crippen LogP contribution in [0.1, 0.15) is 31.7 Å². The second-order valence-electron chi connectivity index (χ2n) is 7.42. The van der Waals surface area contributed by atoms with Gasteiger partial charge in [-0.05, 0) is 18.4 Å². The van der Waals surface area contributed by atoms with Crippen molar-refractivity contribution in [3.05, 3.63) is 35.9 Å². The minimum Gasteiger partial charge on any atom is -0.338 e. The molecule has 2 aliphatic rings. The van der Waals surface area contributed by atoms with Crippen molar-refractivity contribution < 1.29 is 22.5 Å². The van der Waals surface area contributed by atoms with Gasteiger partial charge in [0.1, 0.15) is 11.4 Å². The number of anilines is 1. The van der Waals surface area contributed by atoms with Gasteiger partial charge in [0, 0.05) is 24.5 Å². The minimum absolute atomic E-state index is 0.0264. The van der Waals surface area contributed by atoms with Crippen LogP contribution < -0.4 is 5.32 Å². The molecule has 1 N–H and O–H groups in total. The predicted octanol–water partition coefficient (Wildman–Crippen LogP) is 2.01. The Hall–Kier alpha value is -3.01. The molecule has 10 heteroatoms. The average molecular weight is 430 g/mol. The molecule has 4 rings (SSSR count). The Balaban J connectivity index is 1.46. The summed E-state index contributed by atoms with van der Waals surface area (Å²) in [5.74, 6) is -0.703. The molecule has 0 spiro atoms. The van der Waals surface area contributed by atoms with Gasteiger partial charge in [-0.25, -0.2) is 13.4 Å². The lowest BCUT2D eigenvalue weighted by molar-refractivity contribution is -0.133. The maximum Gasteiger partial charge on any atom is 0.274 e. The van der Waals surface area contributed by atoms with Crippen molar-refractivity contribution in [3.63, 3.8) is 0 Å². The Kier molecular flexibility index (Phi) is 5.42. The summed E-state index contributed by atoms with van der Waals surface area (Å²) in [7, 11) is -3.17. The average Bonchev–Trinajstić information content (AvgIpc) is 3.34. The third kappa shape index (κ3) is 4.28. The number of hydrazone groups is 1. The van der Waals surface area contributed by atoms with E-state index in [2.05, 4.69) is 22.5 Å². The van der Waals surface area contributed by atoms with E-state index < -0.39 is 21.8 Å². The Labute approximate surface area is 174 Å². The number of carbonyl (C=O) groups excluding carboxylic acids is 2. The van der Waals surface area contributed by atoms with Crippen LogP contribution in [0.15, 0.2) is 40.0 Å². The number of rotatable bonds is 5. The van der Waals surface area contributed by atoms with E-state index in [1.165, 1.54) is 5.56 Å². The lowest BCUT2D eigenvalue weighted by Crippen LogP contribution is -2.42. The monoisotopic (exact) mass is 430 g/mol. The van der Waals surface area contributed by atoms with Crippen molar-refractivity contribution in [2.24, 2.45) is 5.10 Å². The SMILES string of the molecule is CCc1ccc(-c2cc(NC(=O)C3=NN(C4CCS(=O)(=O)C4)C(=O)CC3)on2)cc1. The summed E-state index contributed by atoms with van der Waals surface area (Å²) in [5.41, 5.74) is 2.82. The number of aryl methyl sites for hydroxylation is 1. The molecule has 2 aliphatic heterocycles. The van der Waals surface area contributed by atoms with Crippen LogP contribution in [0.4, 0.5) is 5.88 Å². The van der Waals surface area contributed by atoms with Crippen molar-refractivity contribution in [1.82, 2.24) is 10.2 Å². The fraction of sp³-hybridized carbons (Fsp3) is 0.400. The number of hydrogen-bond donors (Lipinski definition) is 1. The Morgan fingerprint density at radius 3 is 2.70 bits per heavy atom. The van der Waals surface area contributed by atoms with E-state index in [0.717, 1.165) is 17.0 Å². The largest absolute Gasteiger partial charge is 0.338 e. The molecular formula is C20H22N4O5S. The van der Waals surface area contributed by atoms with E-state index in [1.807, 2.05) is 24.3 Å². The molecule has 0 saturated carbocycles. The van der Waals surface area contributed by atoms with Crippen LogP contribution in [0.3, 0.4) is 0 Å². The van der Waals surface area contributed by atoms with Crippen molar-refractivity contribution in [3.8, 4) is 11.3 Å². The molecular weight excluding hydrogens is 408 g/mol. The molecule has 9 nitrogen and oxygen atoms in total. The summed E-state index contributed by atoms with van der Waals surface area (Å²) in [6.45, 7) is 2.08. The van der Waals surface area contributed by atoms with E-state index in [4.69, 9.17) is 4.52 Å². The van der Waals surface area contributed by atoms with Crippen LogP contribution in [-0.4, -0.2) is 53.7 Å². The zero-order valence-electron chi connectivity index (χ0n) is 16.5. The smallest absolute Gasteiger partial charge is 0.274 e. The minimum atomic E-state index is -3.17. The highest BCUT2D eigenvalue weighted by Gasteiger charge is 2.37. The van der Waals surface area contributed by atoms with E-state index in [0.29, 0.717) is 12.1 Å². The standard InChI is InChI=1S/C20H22N4O5S/c1-2-13-3-5-14(6-4-13)17-11-18(29-23-17)21-20(26)16-7-8-19(25)24(22-16)15-9-10-30(27,28)12-15/h3-6,11,15H,2,7-10,12H2,1H3,(H,21,26). The molecule has 1 saturated heterocycles. The molecule has 1 atom stereocenters. The molecule has 3 heterocycles. The Morgan fingerprint density at radius 2 is 2.03 bits per heavy atom. The summed E-state index contributed by atoms with van der Waals surface area (Å²) in [4.78, 5) is 24.8. The summed E-state index contributed by atoms with van der Waals surface area (Å²) >= 11 is 0. The van der Waals surface area contributed by atoms with Crippen LogP contribution in [0.2, 0.25) is 0 Å². The fourth-order valence-electron chi connectivity index (χ4n) is 3.55. The van der Waals surface area contributed by atoms with Crippen molar-refractivity contribution in [2.75, 3.05) is 16.8 Å². The first kappa shape index (κ1) is 20.3. The van der Waals surface area contributed by atoms with Gasteiger partial charge >= 0.3 is 0 Å². The molecule has 2 aromatic rings. The normalized spacial score (nSPS) is 20.8. The Bertz CT molecular complexity index is 1100. The van der Waals surface area contributed by atoms with Crippen LogP contribution in [-0.2, 0) is 25.8 Å². The van der Waals surface area contributed by atoms with Crippen LogP contribution in [0, 0.1) is 0 Å². The van der Waals surface area contributed by atoms with E-state index in [1.54, 1.807) is 6.07 Å². The summed E-state index contributed by atoms with van der Waals surface area (Å²) in [6.07, 6.45) is 1.55. The van der Waals surface area contributed by atoms with Crippen molar-refractivity contribution in [2.45, 2.75) is 38.6 Å². The molecule has 1 unspecified atom stereocenters. The van der Waals surface area contributed by atoms with Gasteiger partial charge in [-0.2, -0.15) is 5.10 Å². The number of aromatic nitrogens is 1. The molecule has 30 heavy (non-hydrogen) atoms. The van der Waals surface area contributed by atoms with E-state index >= 15 is 0 Å². The topological polar surface area (TPSA) is 122 Å².